The average Bonchev–Trinajstić information content (AvgIpc) is 1.67. The van der Waals surface area contributed by atoms with Crippen LogP contribution in [0.2, 0.25) is 0 Å². The number of fused-ring (bicyclic) bond motifs is 6. The van der Waals surface area contributed by atoms with E-state index < -0.39 is 36.2 Å². The Bertz CT molecular complexity index is 4760. The number of rotatable bonds is 18. The van der Waals surface area contributed by atoms with Gasteiger partial charge in [0.2, 0.25) is 32.7 Å². The largest absolute Gasteiger partial charge is 0.454 e. The van der Waals surface area contributed by atoms with Crippen molar-refractivity contribution in [3.63, 3.8) is 0 Å². The van der Waals surface area contributed by atoms with E-state index in [2.05, 4.69) is 35.6 Å². The Kier molecular flexibility index (Phi) is 22.0. The van der Waals surface area contributed by atoms with Gasteiger partial charge in [0, 0.05) is 98.2 Å². The smallest absolute Gasteiger partial charge is 0.417 e. The minimum absolute atomic E-state index is 0.0503. The van der Waals surface area contributed by atoms with Crippen molar-refractivity contribution in [3.05, 3.63) is 89.9 Å². The highest BCUT2D eigenvalue weighted by atomic mass is 32.2. The molecule has 3 aromatic carbocycles. The number of piperidine rings is 3. The number of amides is 3. The molecule has 0 unspecified atom stereocenters. The molecular formula is C69H72F6N16O11S3. The number of anilines is 3. The Labute approximate surface area is 608 Å². The van der Waals surface area contributed by atoms with E-state index in [0.717, 1.165) is 135 Å². The third kappa shape index (κ3) is 16.4. The van der Waals surface area contributed by atoms with Crippen molar-refractivity contribution in [1.29, 1.82) is 5.26 Å². The lowest BCUT2D eigenvalue weighted by molar-refractivity contribution is -0.141. The molecule has 9 aromatic rings. The lowest BCUT2D eigenvalue weighted by atomic mass is 9.93. The topological polar surface area (TPSA) is 351 Å². The maximum absolute atomic E-state index is 13.9. The molecule has 554 valence electrons. The molecule has 8 N–H and O–H groups in total. The number of hydrogen-bond acceptors (Lipinski definition) is 24. The second kappa shape index (κ2) is 31.5. The van der Waals surface area contributed by atoms with E-state index >= 15 is 0 Å². The van der Waals surface area contributed by atoms with Crippen LogP contribution < -0.4 is 45.6 Å². The summed E-state index contributed by atoms with van der Waals surface area (Å²) >= 11 is 3.20. The molecule has 0 bridgehead atoms. The molecule has 36 heteroatoms. The van der Waals surface area contributed by atoms with Gasteiger partial charge in [-0.3, -0.25) is 14.4 Å². The first-order valence-electron chi connectivity index (χ1n) is 33.8. The second-order valence-corrected chi connectivity index (χ2v) is 28.8. The first kappa shape index (κ1) is 73.5. The molecule has 15 rings (SSSR count). The summed E-state index contributed by atoms with van der Waals surface area (Å²) in [7, 11) is 0. The zero-order valence-electron chi connectivity index (χ0n) is 56.5. The third-order valence-corrected chi connectivity index (χ3v) is 22.4. The maximum atomic E-state index is 13.9. The highest BCUT2D eigenvalue weighted by Gasteiger charge is 2.39. The number of hydrogen-bond donors (Lipinski definition) is 5. The zero-order chi connectivity index (χ0) is 73.8. The van der Waals surface area contributed by atoms with E-state index in [0.29, 0.717) is 118 Å². The average molecular weight is 1510 g/mol. The molecule has 0 aliphatic carbocycles. The monoisotopic (exact) mass is 1510 g/mol. The van der Waals surface area contributed by atoms with Crippen molar-refractivity contribution >= 4 is 104 Å². The van der Waals surface area contributed by atoms with Crippen molar-refractivity contribution in [2.75, 3.05) is 83.5 Å². The van der Waals surface area contributed by atoms with Gasteiger partial charge < -0.3 is 84.2 Å². The van der Waals surface area contributed by atoms with Gasteiger partial charge in [-0.1, -0.05) is 35.3 Å². The Balaban J connectivity index is 0.000000140. The molecule has 6 aromatic heterocycles. The minimum Gasteiger partial charge on any atom is -0.454 e. The fourth-order valence-corrected chi connectivity index (χ4v) is 16.6. The van der Waals surface area contributed by atoms with Gasteiger partial charge in [0.15, 0.2) is 67.4 Å². The molecule has 6 aliphatic heterocycles. The summed E-state index contributed by atoms with van der Waals surface area (Å²) in [4.78, 5) is 66.8. The molecule has 27 nitrogen and oxygen atoms in total. The summed E-state index contributed by atoms with van der Waals surface area (Å²) in [6.07, 6.45) is 3.07. The van der Waals surface area contributed by atoms with Gasteiger partial charge in [0.05, 0.1) is 33.2 Å². The number of aryl methyl sites for hydroxylation is 3. The van der Waals surface area contributed by atoms with Crippen LogP contribution in [0.15, 0.2) is 103 Å². The molecular weight excluding hydrogens is 1440 g/mol. The van der Waals surface area contributed by atoms with Crippen LogP contribution in [0.25, 0.3) is 33.1 Å². The van der Waals surface area contributed by atoms with E-state index in [9.17, 15) is 51.1 Å². The SMILES string of the molecule is C[C@@H](O)C(=O)N1CCC(CCn2c(Sc3cc4c(cc3C(F)(F)F)OCO4)nc3c(N)nccc32)CC1.N#Cc1cc2c(cc1Sc1nc3c(N)nccc3n1CCC1CCN(C=O)CC1)OCO2.Nc1nccc2c1nc(Sc1cc3c(cc1C(F)(F)F)OCO3)n2CCC1CCN(C(=O)CO)CC1. The molecule has 3 amide bonds. The van der Waals surface area contributed by atoms with Crippen molar-refractivity contribution in [2.24, 2.45) is 17.8 Å². The number of alkyl halides is 6. The minimum atomic E-state index is -4.60. The highest BCUT2D eigenvalue weighted by Crippen LogP contribution is 2.50. The number of pyridine rings is 3. The zero-order valence-corrected chi connectivity index (χ0v) is 58.9. The van der Waals surface area contributed by atoms with Crippen LogP contribution in [0.4, 0.5) is 43.8 Å². The number of benzene rings is 3. The van der Waals surface area contributed by atoms with Crippen molar-refractivity contribution in [2.45, 2.75) is 133 Å². The Morgan fingerprint density at radius 3 is 1.26 bits per heavy atom. The summed E-state index contributed by atoms with van der Waals surface area (Å²) in [5, 5.41) is 29.8. The molecule has 1 atom stereocenters. The number of imidazole rings is 3. The number of nitrogen functional groups attached to an aromatic ring is 3. The van der Waals surface area contributed by atoms with E-state index in [1.807, 2.05) is 26.2 Å². The lowest BCUT2D eigenvalue weighted by Gasteiger charge is -2.33. The quantitative estimate of drug-likeness (QED) is 0.0393. The molecule has 0 spiro atoms. The van der Waals surface area contributed by atoms with E-state index in [1.165, 1.54) is 30.8 Å². The number of nitrogens with two attached hydrogens (primary N) is 3. The van der Waals surface area contributed by atoms with Crippen LogP contribution in [0, 0.1) is 29.1 Å². The number of carbonyl (C=O) groups is 3. The van der Waals surface area contributed by atoms with E-state index in [4.69, 9.17) is 55.7 Å². The summed E-state index contributed by atoms with van der Waals surface area (Å²) in [5.74, 6) is 3.21. The Hall–Kier alpha value is -9.83. The van der Waals surface area contributed by atoms with E-state index in [-0.39, 0.29) is 76.6 Å². The van der Waals surface area contributed by atoms with Gasteiger partial charge in [-0.15, -0.1) is 0 Å². The molecule has 3 saturated heterocycles. The molecule has 0 saturated carbocycles. The summed E-state index contributed by atoms with van der Waals surface area (Å²) in [6, 6.07) is 15.7. The number of halogens is 6. The Morgan fingerprint density at radius 2 is 0.905 bits per heavy atom. The van der Waals surface area contributed by atoms with Crippen LogP contribution in [-0.4, -0.2) is 159 Å². The molecule has 105 heavy (non-hydrogen) atoms. The standard InChI is InChI=1S/C24H26F3N5O4S.C23H24F3N5O4S.C22H22N6O3S/c1-13(33)22(34)31-7-3-14(4-8-31)5-9-32-16-2-6-29-21(28)20(16)30-23(32)37-19-11-18-17(35-12-36-18)10-15(19)24(25,26)27;24-23(25,26)14-9-16-17(35-12-34-16)10-18(14)36-22-29-20-15(1-5-28-21(20)27)31(22)8-4-13-2-6-30(7-3-13)19(33)11-32;23-11-15-9-17-18(31-13-30-17)10-19(15)32-22-26-20-16(1-5-25-21(20)24)28(22)8-4-14-2-6-27(12-29)7-3-14/h2,6,10-11,13-14,33H,3-5,7-9,12H2,1H3,(H2,28,29);1,5,9-10,13,32H,2-4,6-8,11-12H2,(H2,27,28);1,5,9-10,12,14H,2-4,6-8,13H2,(H2,24,25)/t13-;;/m1../s1. The van der Waals surface area contributed by atoms with Crippen LogP contribution >= 0.6 is 35.3 Å². The number of aliphatic hydroxyl groups excluding tert-OH is 2. The predicted octanol–water partition coefficient (Wildman–Crippen LogP) is 10.5. The number of nitrogens with zero attached hydrogens (tertiary/aromatic N) is 13. The predicted molar refractivity (Wildman–Crippen MR) is 372 cm³/mol. The Morgan fingerprint density at radius 1 is 0.562 bits per heavy atom. The lowest BCUT2D eigenvalue weighted by Crippen LogP contribution is -2.43. The number of aromatic nitrogens is 9. The third-order valence-electron chi connectivity index (χ3n) is 19.2. The van der Waals surface area contributed by atoms with Crippen LogP contribution in [0.3, 0.4) is 0 Å². The number of ether oxygens (including phenoxy) is 6. The van der Waals surface area contributed by atoms with Crippen molar-refractivity contribution in [1.82, 2.24) is 58.3 Å². The number of carbonyl (C=O) groups excluding carboxylic acids is 3. The summed E-state index contributed by atoms with van der Waals surface area (Å²) in [6.45, 7) is 6.48. The molecule has 3 fully saturated rings. The fourth-order valence-electron chi connectivity index (χ4n) is 13.4. The first-order chi connectivity index (χ1) is 50.5. The van der Waals surface area contributed by atoms with Gasteiger partial charge in [0.1, 0.15) is 35.3 Å². The van der Waals surface area contributed by atoms with Gasteiger partial charge in [-0.05, 0) is 131 Å². The van der Waals surface area contributed by atoms with Gasteiger partial charge in [0.25, 0.3) is 5.91 Å². The fraction of sp³-hybridized carbons (Fsp3) is 0.420. The van der Waals surface area contributed by atoms with Crippen molar-refractivity contribution in [3.8, 4) is 40.6 Å². The van der Waals surface area contributed by atoms with Gasteiger partial charge in [-0.2, -0.15) is 31.6 Å². The normalized spacial score (nSPS) is 16.3. The maximum Gasteiger partial charge on any atom is 0.417 e. The summed E-state index contributed by atoms with van der Waals surface area (Å²) in [5.41, 5.74) is 20.8. The number of likely N-dealkylation sites (tertiary alicyclic amines) is 3. The van der Waals surface area contributed by atoms with E-state index in [1.54, 1.807) is 46.6 Å². The number of nitriles is 1. The van der Waals surface area contributed by atoms with Gasteiger partial charge in [-0.25, -0.2) is 29.9 Å². The summed E-state index contributed by atoms with van der Waals surface area (Å²) < 4.78 is 121. The highest BCUT2D eigenvalue weighted by molar-refractivity contribution is 7.99. The first-order valence-corrected chi connectivity index (χ1v) is 36.2. The molecule has 12 heterocycles. The van der Waals surface area contributed by atoms with Crippen molar-refractivity contribution < 1.29 is 79.4 Å². The van der Waals surface area contributed by atoms with Crippen LogP contribution in [0.5, 0.6) is 34.5 Å². The molecule has 6 aliphatic rings. The van der Waals surface area contributed by atoms with Crippen LogP contribution in [-0.2, 0) is 46.4 Å². The van der Waals surface area contributed by atoms with Gasteiger partial charge >= 0.3 is 12.4 Å². The number of aliphatic hydroxyl groups is 2. The molecule has 0 radical (unpaired) electrons. The van der Waals surface area contributed by atoms with Crippen LogP contribution in [0.1, 0.15) is 81.4 Å². The second-order valence-electron chi connectivity index (χ2n) is 25.7.